The number of H-pyrrole nitrogens is 2. The number of alkyl halides is 4. The minimum Gasteiger partial charge on any atom is -0.394 e. The van der Waals surface area contributed by atoms with E-state index in [-0.39, 0.29) is 72.2 Å². The summed E-state index contributed by atoms with van der Waals surface area (Å²) in [6.07, 6.45) is 1.40. The number of nitrogens with one attached hydrogen (secondary N) is 4. The Morgan fingerprint density at radius 2 is 0.985 bits per heavy atom. The van der Waals surface area contributed by atoms with Crippen molar-refractivity contribution < 1.29 is 41.7 Å². The molecule has 4 N–H and O–H groups in total. The summed E-state index contributed by atoms with van der Waals surface area (Å²) in [4.78, 5) is 36.3. The quantitative estimate of drug-likeness (QED) is 0.0299. The van der Waals surface area contributed by atoms with Crippen LogP contribution in [0.3, 0.4) is 0 Å². The Morgan fingerprint density at radius 3 is 1.41 bits per heavy atom. The molecule has 4 aromatic carbocycles. The van der Waals surface area contributed by atoms with E-state index in [1.54, 1.807) is 36.4 Å². The van der Waals surface area contributed by atoms with E-state index in [4.69, 9.17) is 9.47 Å². The van der Waals surface area contributed by atoms with E-state index in [9.17, 15) is 42.6 Å². The molecular formula is C47H42F4N8O7. The molecular weight excluding hydrogens is 865 g/mol. The largest absolute Gasteiger partial charge is 0.519 e. The predicted octanol–water partition coefficient (Wildman–Crippen LogP) is 11.6. The molecule has 4 atom stereocenters. The summed E-state index contributed by atoms with van der Waals surface area (Å²) in [6, 6.07) is 22.0. The molecule has 0 bridgehead atoms. The van der Waals surface area contributed by atoms with Gasteiger partial charge in [0.25, 0.3) is 23.2 Å². The third-order valence-corrected chi connectivity index (χ3v) is 13.4. The monoisotopic (exact) mass is 906 g/mol. The Kier molecular flexibility index (Phi) is 10.7. The van der Waals surface area contributed by atoms with Crippen LogP contribution in [-0.2, 0) is 25.7 Å². The van der Waals surface area contributed by atoms with Crippen molar-refractivity contribution in [2.75, 3.05) is 10.6 Å². The molecule has 15 nitrogen and oxygen atoms in total. The lowest BCUT2D eigenvalue weighted by Gasteiger charge is -2.17. The molecule has 4 aliphatic rings. The van der Waals surface area contributed by atoms with Crippen LogP contribution in [0.15, 0.2) is 84.9 Å². The highest BCUT2D eigenvalue weighted by atomic mass is 19.3. The summed E-state index contributed by atoms with van der Waals surface area (Å²) in [6.45, 7) is 0. The minimum absolute atomic E-state index is 0.0268. The fraction of sp³-hybridized carbons (Fsp3) is 0.340. The molecule has 6 aromatic rings. The molecule has 2 heterocycles. The van der Waals surface area contributed by atoms with Gasteiger partial charge in [0.1, 0.15) is 11.5 Å². The van der Waals surface area contributed by atoms with Crippen LogP contribution >= 0.6 is 0 Å². The van der Waals surface area contributed by atoms with Crippen LogP contribution in [0.2, 0.25) is 0 Å². The number of nitrogens with zero attached hydrogens (tertiary/aromatic N) is 4. The van der Waals surface area contributed by atoms with Gasteiger partial charge in [-0.05, 0) is 109 Å². The van der Waals surface area contributed by atoms with Crippen LogP contribution in [0.4, 0.5) is 56.7 Å². The second-order valence-electron chi connectivity index (χ2n) is 17.9. The van der Waals surface area contributed by atoms with E-state index in [1.165, 1.54) is 36.4 Å². The van der Waals surface area contributed by atoms with Gasteiger partial charge in [-0.15, -0.1) is 0 Å². The Bertz CT molecular complexity index is 2710. The average molecular weight is 907 g/mol. The molecule has 0 radical (unpaired) electrons. The molecule has 19 heteroatoms. The Morgan fingerprint density at radius 1 is 0.576 bits per heavy atom. The number of carbonyl (C=O) groups excluding carboxylic acids is 1. The number of hydrogen-bond acceptors (Lipinski definition) is 11. The fourth-order valence-corrected chi connectivity index (χ4v) is 10.3. The van der Waals surface area contributed by atoms with Crippen molar-refractivity contribution in [2.45, 2.75) is 99.7 Å². The number of rotatable bonds is 12. The van der Waals surface area contributed by atoms with E-state index in [0.29, 0.717) is 94.9 Å². The van der Waals surface area contributed by atoms with E-state index in [0.717, 1.165) is 11.4 Å². The number of nitro benzene ring substituents is 2. The number of hydrogen-bond donors (Lipinski definition) is 4. The van der Waals surface area contributed by atoms with Crippen LogP contribution < -0.4 is 20.1 Å². The van der Waals surface area contributed by atoms with E-state index in [1.807, 2.05) is 12.1 Å². The summed E-state index contributed by atoms with van der Waals surface area (Å²) < 4.78 is 67.4. The lowest BCUT2D eigenvalue weighted by Crippen LogP contribution is -2.17. The molecule has 0 spiro atoms. The SMILES string of the molecule is O=C(Oc1ccc([N+](=O)[O-])cc1C1CCC(c2cc(Nc3ccc4c(c3)CC(F)(F)C4)n[nH]2)C1)Oc1ccc([N+](=O)[O-])cc1C1CCC(c2cc(Nc3ccc4c(c3)CC(F)(F)C4)n[nH]2)C1. The van der Waals surface area contributed by atoms with Gasteiger partial charge in [0, 0.05) is 108 Å². The van der Waals surface area contributed by atoms with Crippen molar-refractivity contribution in [1.29, 1.82) is 0 Å². The standard InChI is InChI=1S/C47H42F4N8O7/c48-46(49)21-29-5-7-33(15-31(29)23-46)52-43-19-39(54-56-43)27-3-1-25(13-27)37-17-35(58(61)62)9-11-41(37)65-45(60)66-42-12-10-36(59(63)64)18-38(42)26-2-4-28(14-26)40-20-44(57-55-40)53-34-8-6-30-22-47(50,51)24-32(30)16-34/h5-12,15-20,25-28H,1-4,13-14,21-24H2,(H2,52,54,56)(H2,53,55,57). The zero-order valence-electron chi connectivity index (χ0n) is 35.1. The van der Waals surface area contributed by atoms with Crippen molar-refractivity contribution in [3.63, 3.8) is 0 Å². The van der Waals surface area contributed by atoms with Crippen LogP contribution in [0.1, 0.15) is 107 Å². The van der Waals surface area contributed by atoms with Gasteiger partial charge in [0.15, 0.2) is 11.6 Å². The number of ether oxygens (including phenoxy) is 2. The van der Waals surface area contributed by atoms with Crippen LogP contribution in [0.25, 0.3) is 0 Å². The van der Waals surface area contributed by atoms with Gasteiger partial charge in [-0.25, -0.2) is 22.4 Å². The first-order valence-corrected chi connectivity index (χ1v) is 21.7. The maximum atomic E-state index is 14.0. The number of fused-ring (bicyclic) bond motifs is 2. The first-order chi connectivity index (χ1) is 31.6. The highest BCUT2D eigenvalue weighted by Gasteiger charge is 2.39. The van der Waals surface area contributed by atoms with E-state index < -0.39 is 27.8 Å². The van der Waals surface area contributed by atoms with E-state index in [2.05, 4.69) is 31.0 Å². The maximum Gasteiger partial charge on any atom is 0.519 e. The zero-order chi connectivity index (χ0) is 45.9. The van der Waals surface area contributed by atoms with Crippen LogP contribution in [0, 0.1) is 20.2 Å². The molecule has 0 amide bonds. The zero-order valence-corrected chi connectivity index (χ0v) is 35.1. The molecule has 340 valence electrons. The molecule has 2 fully saturated rings. The molecule has 10 rings (SSSR count). The predicted molar refractivity (Wildman–Crippen MR) is 233 cm³/mol. The average Bonchev–Trinajstić information content (AvgIpc) is 4.13. The molecule has 66 heavy (non-hydrogen) atoms. The van der Waals surface area contributed by atoms with Gasteiger partial charge in [0.05, 0.1) is 9.85 Å². The highest BCUT2D eigenvalue weighted by molar-refractivity contribution is 5.69. The summed E-state index contributed by atoms with van der Waals surface area (Å²) in [7, 11) is 0. The second kappa shape index (κ2) is 16.6. The smallest absolute Gasteiger partial charge is 0.394 e. The third kappa shape index (κ3) is 8.88. The lowest BCUT2D eigenvalue weighted by atomic mass is 9.94. The van der Waals surface area contributed by atoms with Gasteiger partial charge >= 0.3 is 6.16 Å². The van der Waals surface area contributed by atoms with Crippen molar-refractivity contribution >= 4 is 40.5 Å². The number of nitro groups is 2. The van der Waals surface area contributed by atoms with Gasteiger partial charge in [-0.2, -0.15) is 10.2 Å². The molecule has 2 aromatic heterocycles. The number of halogens is 4. The Balaban J connectivity index is 0.808. The molecule has 4 aliphatic carbocycles. The Labute approximate surface area is 373 Å². The number of aromatic nitrogens is 4. The fourth-order valence-electron chi connectivity index (χ4n) is 10.3. The summed E-state index contributed by atoms with van der Waals surface area (Å²) in [5.41, 5.74) is 5.88. The number of aromatic amines is 2. The van der Waals surface area contributed by atoms with Gasteiger partial charge < -0.3 is 20.1 Å². The molecule has 2 saturated carbocycles. The summed E-state index contributed by atoms with van der Waals surface area (Å²) in [5, 5.41) is 45.1. The van der Waals surface area contributed by atoms with E-state index >= 15 is 0 Å². The number of non-ortho nitro benzene ring substituents is 2. The molecule has 0 saturated heterocycles. The summed E-state index contributed by atoms with van der Waals surface area (Å²) in [5.74, 6) is -4.89. The highest BCUT2D eigenvalue weighted by Crippen LogP contribution is 2.49. The van der Waals surface area contributed by atoms with Gasteiger partial charge in [0.2, 0.25) is 0 Å². The van der Waals surface area contributed by atoms with Crippen molar-refractivity contribution in [3.8, 4) is 11.5 Å². The first-order valence-electron chi connectivity index (χ1n) is 21.7. The third-order valence-electron chi connectivity index (χ3n) is 13.4. The van der Waals surface area contributed by atoms with Gasteiger partial charge in [-0.1, -0.05) is 12.1 Å². The molecule has 4 unspecified atom stereocenters. The molecule has 0 aliphatic heterocycles. The Hall–Kier alpha value is -7.31. The lowest BCUT2D eigenvalue weighted by molar-refractivity contribution is -0.385. The van der Waals surface area contributed by atoms with Crippen molar-refractivity contribution in [2.24, 2.45) is 0 Å². The normalized spacial score (nSPS) is 21.3. The van der Waals surface area contributed by atoms with Crippen molar-refractivity contribution in [1.82, 2.24) is 20.4 Å². The van der Waals surface area contributed by atoms with Crippen molar-refractivity contribution in [3.05, 3.63) is 150 Å². The number of benzene rings is 4. The van der Waals surface area contributed by atoms with Gasteiger partial charge in [-0.3, -0.25) is 30.4 Å². The second-order valence-corrected chi connectivity index (χ2v) is 17.9. The van der Waals surface area contributed by atoms with Crippen LogP contribution in [-0.4, -0.2) is 48.2 Å². The van der Waals surface area contributed by atoms with Crippen LogP contribution in [0.5, 0.6) is 11.5 Å². The number of carbonyl (C=O) groups is 1. The maximum absolute atomic E-state index is 14.0. The number of anilines is 4. The minimum atomic E-state index is -2.75. The summed E-state index contributed by atoms with van der Waals surface area (Å²) >= 11 is 0. The topological polar surface area (TPSA) is 203 Å². The first kappa shape index (κ1) is 42.6.